The number of morpholine rings is 1. The minimum Gasteiger partial charge on any atom is -0.492 e. The summed E-state index contributed by atoms with van der Waals surface area (Å²) < 4.78 is 13.7. The summed E-state index contributed by atoms with van der Waals surface area (Å²) in [5.74, 6) is 0.928. The lowest BCUT2D eigenvalue weighted by Crippen LogP contribution is -2.47. The molecule has 0 aliphatic carbocycles. The summed E-state index contributed by atoms with van der Waals surface area (Å²) in [5.41, 5.74) is 5.84. The SMILES string of the molecule is CCCn1c(N)c(N2CCOCC2)c(=O)n(CCOc2ccccc2)c1=O. The molecule has 1 fully saturated rings. The van der Waals surface area contributed by atoms with Gasteiger partial charge in [-0.15, -0.1) is 0 Å². The zero-order chi connectivity index (χ0) is 19.2. The molecule has 1 aliphatic heterocycles. The van der Waals surface area contributed by atoms with E-state index in [4.69, 9.17) is 15.2 Å². The van der Waals surface area contributed by atoms with Gasteiger partial charge >= 0.3 is 5.69 Å². The molecule has 2 heterocycles. The number of hydrogen-bond donors (Lipinski definition) is 1. The molecule has 1 aliphatic rings. The Balaban J connectivity index is 1.92. The lowest BCUT2D eigenvalue weighted by Gasteiger charge is -2.30. The van der Waals surface area contributed by atoms with Crippen molar-refractivity contribution in [3.63, 3.8) is 0 Å². The third-order valence-electron chi connectivity index (χ3n) is 4.54. The Morgan fingerprint density at radius 2 is 1.78 bits per heavy atom. The van der Waals surface area contributed by atoms with Gasteiger partial charge in [0.15, 0.2) is 0 Å². The van der Waals surface area contributed by atoms with Gasteiger partial charge in [0.25, 0.3) is 5.56 Å². The molecule has 0 amide bonds. The number of para-hydroxylation sites is 1. The highest BCUT2D eigenvalue weighted by Gasteiger charge is 2.23. The first-order chi connectivity index (χ1) is 13.1. The van der Waals surface area contributed by atoms with Crippen LogP contribution >= 0.6 is 0 Å². The van der Waals surface area contributed by atoms with Crippen LogP contribution in [0.5, 0.6) is 5.75 Å². The van der Waals surface area contributed by atoms with E-state index in [1.165, 1.54) is 9.13 Å². The second kappa shape index (κ2) is 8.77. The van der Waals surface area contributed by atoms with Crippen molar-refractivity contribution in [3.8, 4) is 5.75 Å². The van der Waals surface area contributed by atoms with Crippen molar-refractivity contribution in [1.82, 2.24) is 9.13 Å². The number of benzene rings is 1. The van der Waals surface area contributed by atoms with Crippen LogP contribution in [0.1, 0.15) is 13.3 Å². The van der Waals surface area contributed by atoms with E-state index >= 15 is 0 Å². The standard InChI is InChI=1S/C19H26N4O4/c1-2-8-22-17(20)16(21-9-12-26-13-10-21)18(24)23(19(22)25)11-14-27-15-6-4-3-5-7-15/h3-7H,2,8-14,20H2,1H3. The van der Waals surface area contributed by atoms with Crippen LogP contribution in [0, 0.1) is 0 Å². The van der Waals surface area contributed by atoms with Crippen LogP contribution < -0.4 is 26.6 Å². The highest BCUT2D eigenvalue weighted by molar-refractivity contribution is 5.62. The molecule has 146 valence electrons. The molecule has 27 heavy (non-hydrogen) atoms. The van der Waals surface area contributed by atoms with E-state index < -0.39 is 5.69 Å². The van der Waals surface area contributed by atoms with Crippen LogP contribution in [0.2, 0.25) is 0 Å². The van der Waals surface area contributed by atoms with Gasteiger partial charge in [0.05, 0.1) is 19.8 Å². The molecule has 0 atom stereocenters. The molecule has 8 heteroatoms. The van der Waals surface area contributed by atoms with Gasteiger partial charge in [-0.05, 0) is 18.6 Å². The van der Waals surface area contributed by atoms with Gasteiger partial charge in [-0.2, -0.15) is 0 Å². The summed E-state index contributed by atoms with van der Waals surface area (Å²) >= 11 is 0. The Bertz CT molecular complexity index is 870. The number of nitrogens with zero attached hydrogens (tertiary/aromatic N) is 3. The molecule has 2 aromatic rings. The summed E-state index contributed by atoms with van der Waals surface area (Å²) in [6.45, 7) is 5.02. The maximum absolute atomic E-state index is 13.0. The fourth-order valence-corrected chi connectivity index (χ4v) is 3.19. The third kappa shape index (κ3) is 4.16. The molecule has 3 rings (SSSR count). The number of rotatable bonds is 7. The summed E-state index contributed by atoms with van der Waals surface area (Å²) in [4.78, 5) is 27.8. The minimum absolute atomic E-state index is 0.161. The van der Waals surface area contributed by atoms with Crippen LogP contribution in [0.25, 0.3) is 0 Å². The van der Waals surface area contributed by atoms with E-state index in [0.717, 1.165) is 6.42 Å². The number of ether oxygens (including phenoxy) is 2. The second-order valence-corrected chi connectivity index (χ2v) is 6.39. The summed E-state index contributed by atoms with van der Waals surface area (Å²) in [7, 11) is 0. The van der Waals surface area contributed by atoms with E-state index in [1.807, 2.05) is 42.2 Å². The molecule has 0 bridgehead atoms. The maximum Gasteiger partial charge on any atom is 0.332 e. The topological polar surface area (TPSA) is 91.7 Å². The predicted molar refractivity (Wildman–Crippen MR) is 105 cm³/mol. The number of nitrogen functional groups attached to an aromatic ring is 1. The fraction of sp³-hybridized carbons (Fsp3) is 0.474. The van der Waals surface area contributed by atoms with E-state index in [9.17, 15) is 9.59 Å². The lowest BCUT2D eigenvalue weighted by molar-refractivity contribution is 0.122. The zero-order valence-electron chi connectivity index (χ0n) is 15.6. The van der Waals surface area contributed by atoms with Crippen LogP contribution in [0.15, 0.2) is 39.9 Å². The number of anilines is 2. The Morgan fingerprint density at radius 3 is 2.44 bits per heavy atom. The number of nitrogens with two attached hydrogens (primary N) is 1. The van der Waals surface area contributed by atoms with Gasteiger partial charge < -0.3 is 20.1 Å². The van der Waals surface area contributed by atoms with Crippen LogP contribution in [0.3, 0.4) is 0 Å². The van der Waals surface area contributed by atoms with Crippen LogP contribution in [-0.2, 0) is 17.8 Å². The highest BCUT2D eigenvalue weighted by Crippen LogP contribution is 2.18. The molecule has 0 saturated carbocycles. The fourth-order valence-electron chi connectivity index (χ4n) is 3.19. The van der Waals surface area contributed by atoms with Gasteiger partial charge in [0.2, 0.25) is 0 Å². The smallest absolute Gasteiger partial charge is 0.332 e. The maximum atomic E-state index is 13.0. The zero-order valence-corrected chi connectivity index (χ0v) is 15.6. The van der Waals surface area contributed by atoms with Crippen molar-refractivity contribution < 1.29 is 9.47 Å². The van der Waals surface area contributed by atoms with Crippen LogP contribution in [0.4, 0.5) is 11.5 Å². The van der Waals surface area contributed by atoms with E-state index in [0.29, 0.717) is 44.3 Å². The normalized spacial score (nSPS) is 14.3. The van der Waals surface area contributed by atoms with Crippen molar-refractivity contribution in [2.45, 2.75) is 26.4 Å². The van der Waals surface area contributed by atoms with Crippen molar-refractivity contribution in [3.05, 3.63) is 51.2 Å². The van der Waals surface area contributed by atoms with E-state index in [2.05, 4.69) is 0 Å². The van der Waals surface area contributed by atoms with Crippen molar-refractivity contribution >= 4 is 11.5 Å². The second-order valence-electron chi connectivity index (χ2n) is 6.39. The van der Waals surface area contributed by atoms with Crippen LogP contribution in [-0.4, -0.2) is 42.0 Å². The molecular weight excluding hydrogens is 348 g/mol. The Kier molecular flexibility index (Phi) is 6.18. The van der Waals surface area contributed by atoms with Gasteiger partial charge in [-0.25, -0.2) is 4.79 Å². The van der Waals surface area contributed by atoms with Crippen molar-refractivity contribution in [2.24, 2.45) is 0 Å². The molecule has 8 nitrogen and oxygen atoms in total. The summed E-state index contributed by atoms with van der Waals surface area (Å²) in [5, 5.41) is 0. The monoisotopic (exact) mass is 374 g/mol. The first-order valence-corrected chi connectivity index (χ1v) is 9.27. The molecule has 0 unspecified atom stereocenters. The number of hydrogen-bond acceptors (Lipinski definition) is 6. The third-order valence-corrected chi connectivity index (χ3v) is 4.54. The predicted octanol–water partition coefficient (Wildman–Crippen LogP) is 0.918. The quantitative estimate of drug-likeness (QED) is 0.775. The molecule has 2 N–H and O–H groups in total. The molecule has 1 aromatic carbocycles. The van der Waals surface area contributed by atoms with E-state index in [-0.39, 0.29) is 24.5 Å². The number of aromatic nitrogens is 2. The highest BCUT2D eigenvalue weighted by atomic mass is 16.5. The first-order valence-electron chi connectivity index (χ1n) is 9.27. The van der Waals surface area contributed by atoms with Crippen molar-refractivity contribution in [1.29, 1.82) is 0 Å². The molecule has 1 aromatic heterocycles. The van der Waals surface area contributed by atoms with E-state index in [1.54, 1.807) is 0 Å². The Labute approximate surface area is 157 Å². The Morgan fingerprint density at radius 1 is 1.07 bits per heavy atom. The van der Waals surface area contributed by atoms with Crippen molar-refractivity contribution in [2.75, 3.05) is 43.5 Å². The average Bonchev–Trinajstić information content (AvgIpc) is 2.69. The average molecular weight is 374 g/mol. The first kappa shape index (κ1) is 19.0. The van der Waals surface area contributed by atoms with Gasteiger partial charge in [0.1, 0.15) is 23.9 Å². The summed E-state index contributed by atoms with van der Waals surface area (Å²) in [6, 6.07) is 9.31. The molecule has 1 saturated heterocycles. The summed E-state index contributed by atoms with van der Waals surface area (Å²) in [6.07, 6.45) is 0.741. The molecule has 0 spiro atoms. The molecule has 0 radical (unpaired) electrons. The van der Waals surface area contributed by atoms with Gasteiger partial charge in [0, 0.05) is 19.6 Å². The van der Waals surface area contributed by atoms with Gasteiger partial charge in [-0.3, -0.25) is 13.9 Å². The van der Waals surface area contributed by atoms with Gasteiger partial charge in [-0.1, -0.05) is 25.1 Å². The largest absolute Gasteiger partial charge is 0.492 e. The molecular formula is C19H26N4O4. The Hall–Kier alpha value is -2.74. The lowest BCUT2D eigenvalue weighted by atomic mass is 10.3. The minimum atomic E-state index is -0.395.